The lowest BCUT2D eigenvalue weighted by atomic mass is 9.76. The monoisotopic (exact) mass is 281 g/mol. The lowest BCUT2D eigenvalue weighted by Gasteiger charge is -2.32. The highest BCUT2D eigenvalue weighted by atomic mass is 35.5. The van der Waals surface area contributed by atoms with Gasteiger partial charge in [-0.2, -0.15) is 0 Å². The molecule has 1 aliphatic rings. The van der Waals surface area contributed by atoms with Gasteiger partial charge in [-0.15, -0.1) is 0 Å². The van der Waals surface area contributed by atoms with Crippen LogP contribution in [-0.4, -0.2) is 20.2 Å². The van der Waals surface area contributed by atoms with Gasteiger partial charge in [-0.1, -0.05) is 25.4 Å². The molecule has 19 heavy (non-hydrogen) atoms. The van der Waals surface area contributed by atoms with E-state index in [-0.39, 0.29) is 0 Å². The van der Waals surface area contributed by atoms with Crippen molar-refractivity contribution in [2.45, 2.75) is 39.5 Å². The van der Waals surface area contributed by atoms with Crippen LogP contribution in [0.15, 0.2) is 12.1 Å². The van der Waals surface area contributed by atoms with E-state index < -0.39 is 0 Å². The summed E-state index contributed by atoms with van der Waals surface area (Å²) in [4.78, 5) is 0. The molecule has 3 heteroatoms. The van der Waals surface area contributed by atoms with Gasteiger partial charge in [0.1, 0.15) is 5.75 Å². The average Bonchev–Trinajstić information content (AvgIpc) is 2.86. The maximum absolute atomic E-state index is 6.25. The molecule has 0 spiro atoms. The van der Waals surface area contributed by atoms with E-state index in [0.29, 0.717) is 5.41 Å². The predicted molar refractivity (Wildman–Crippen MR) is 81.3 cm³/mol. The van der Waals surface area contributed by atoms with Gasteiger partial charge >= 0.3 is 0 Å². The second-order valence-corrected chi connectivity index (χ2v) is 6.00. The van der Waals surface area contributed by atoms with Gasteiger partial charge in [-0.05, 0) is 55.0 Å². The summed E-state index contributed by atoms with van der Waals surface area (Å²) in [5.74, 6) is 1.09. The Morgan fingerprint density at radius 1 is 1.32 bits per heavy atom. The third-order valence-electron chi connectivity index (χ3n) is 4.44. The zero-order valence-corrected chi connectivity index (χ0v) is 12.9. The number of hydrogen-bond acceptors (Lipinski definition) is 2. The highest BCUT2D eigenvalue weighted by Gasteiger charge is 2.29. The summed E-state index contributed by atoms with van der Waals surface area (Å²) in [5.41, 5.74) is 2.84. The van der Waals surface area contributed by atoms with Crippen LogP contribution in [0.4, 0.5) is 0 Å². The van der Waals surface area contributed by atoms with Crippen LogP contribution in [0.2, 0.25) is 5.02 Å². The fourth-order valence-corrected chi connectivity index (χ4v) is 3.33. The van der Waals surface area contributed by atoms with E-state index in [9.17, 15) is 0 Å². The maximum Gasteiger partial charge on any atom is 0.125 e. The third kappa shape index (κ3) is 3.06. The van der Waals surface area contributed by atoms with Crippen LogP contribution in [0.3, 0.4) is 0 Å². The Balaban J connectivity index is 2.31. The molecule has 1 aromatic carbocycles. The first-order valence-corrected chi connectivity index (χ1v) is 7.60. The molecule has 0 bridgehead atoms. The molecular formula is C16H24ClNO. The quantitative estimate of drug-likeness (QED) is 0.855. The summed E-state index contributed by atoms with van der Waals surface area (Å²) < 4.78 is 5.82. The molecule has 0 atom stereocenters. The first kappa shape index (κ1) is 14.7. The Hall–Kier alpha value is -0.730. The fourth-order valence-electron chi connectivity index (χ4n) is 3.07. The minimum absolute atomic E-state index is 0.291. The van der Waals surface area contributed by atoms with Crippen LogP contribution >= 0.6 is 11.6 Å². The van der Waals surface area contributed by atoms with Crippen molar-refractivity contribution in [2.24, 2.45) is 5.41 Å². The summed E-state index contributed by atoms with van der Waals surface area (Å²) in [5, 5.41) is 4.18. The van der Waals surface area contributed by atoms with E-state index >= 15 is 0 Å². The summed E-state index contributed by atoms with van der Waals surface area (Å²) in [6, 6.07) is 4.13. The summed E-state index contributed by atoms with van der Waals surface area (Å²) in [6.07, 6.45) is 4.33. The van der Waals surface area contributed by atoms with E-state index in [4.69, 9.17) is 16.3 Å². The minimum Gasteiger partial charge on any atom is -0.493 e. The molecule has 0 aliphatic carbocycles. The van der Waals surface area contributed by atoms with Crippen LogP contribution in [0.25, 0.3) is 0 Å². The molecule has 0 amide bonds. The topological polar surface area (TPSA) is 21.3 Å². The van der Waals surface area contributed by atoms with Gasteiger partial charge in [0.2, 0.25) is 0 Å². The zero-order chi connectivity index (χ0) is 13.9. The first-order chi connectivity index (χ1) is 9.14. The lowest BCUT2D eigenvalue weighted by Crippen LogP contribution is -2.33. The second-order valence-electron chi connectivity index (χ2n) is 5.57. The van der Waals surface area contributed by atoms with E-state index in [1.807, 2.05) is 13.1 Å². The third-order valence-corrected chi connectivity index (χ3v) is 4.66. The Morgan fingerprint density at radius 3 is 2.68 bits per heavy atom. The van der Waals surface area contributed by atoms with Gasteiger partial charge in [-0.3, -0.25) is 0 Å². The average molecular weight is 282 g/mol. The van der Waals surface area contributed by atoms with Crippen molar-refractivity contribution in [1.82, 2.24) is 5.32 Å². The van der Waals surface area contributed by atoms with E-state index in [1.54, 1.807) is 0 Å². The number of rotatable bonds is 6. The van der Waals surface area contributed by atoms with Gasteiger partial charge < -0.3 is 10.1 Å². The highest BCUT2D eigenvalue weighted by molar-refractivity contribution is 6.30. The van der Waals surface area contributed by atoms with Gasteiger partial charge in [-0.25, -0.2) is 0 Å². The van der Waals surface area contributed by atoms with E-state index in [0.717, 1.165) is 49.6 Å². The number of ether oxygens (including phenoxy) is 1. The zero-order valence-electron chi connectivity index (χ0n) is 12.2. The minimum atomic E-state index is 0.291. The molecular weight excluding hydrogens is 258 g/mol. The maximum atomic E-state index is 6.25. The van der Waals surface area contributed by atoms with Gasteiger partial charge in [0.05, 0.1) is 6.61 Å². The molecule has 0 radical (unpaired) electrons. The predicted octanol–water partition coefficient (Wildman–Crippen LogP) is 3.84. The van der Waals surface area contributed by atoms with Crippen molar-refractivity contribution >= 4 is 11.6 Å². The van der Waals surface area contributed by atoms with Gasteiger partial charge in [0.25, 0.3) is 0 Å². The van der Waals surface area contributed by atoms with Crippen LogP contribution in [0.1, 0.15) is 37.8 Å². The van der Waals surface area contributed by atoms with Crippen molar-refractivity contribution in [3.8, 4) is 5.75 Å². The molecule has 0 aromatic heterocycles. The summed E-state index contributed by atoms with van der Waals surface area (Å²) in [7, 11) is 2.03. The molecule has 1 aromatic rings. The van der Waals surface area contributed by atoms with Crippen molar-refractivity contribution < 1.29 is 4.74 Å². The molecule has 106 valence electrons. The molecule has 0 fully saturated rings. The summed E-state index contributed by atoms with van der Waals surface area (Å²) >= 11 is 6.25. The number of benzene rings is 1. The standard InChI is InChI=1S/C16H24ClNO/c1-4-16(5-2,11-18-3)10-13-9-14(17)8-12-6-7-19-15(12)13/h8-9,18H,4-7,10-11H2,1-3H3. The summed E-state index contributed by atoms with van der Waals surface area (Å²) in [6.45, 7) is 6.36. The SMILES string of the molecule is CCC(CC)(CNC)Cc1cc(Cl)cc2c1OCC2. The molecule has 2 rings (SSSR count). The van der Waals surface area contributed by atoms with Crippen LogP contribution in [-0.2, 0) is 12.8 Å². The van der Waals surface area contributed by atoms with Gasteiger partial charge in [0, 0.05) is 18.0 Å². The highest BCUT2D eigenvalue weighted by Crippen LogP contribution is 2.39. The van der Waals surface area contributed by atoms with Crippen LogP contribution < -0.4 is 10.1 Å². The molecule has 1 N–H and O–H groups in total. The number of hydrogen-bond donors (Lipinski definition) is 1. The number of nitrogens with one attached hydrogen (secondary N) is 1. The molecule has 0 saturated heterocycles. The van der Waals surface area contributed by atoms with E-state index in [2.05, 4.69) is 25.2 Å². The second kappa shape index (κ2) is 6.15. The molecule has 1 heterocycles. The Morgan fingerprint density at radius 2 is 2.05 bits per heavy atom. The molecule has 1 aliphatic heterocycles. The largest absolute Gasteiger partial charge is 0.493 e. The van der Waals surface area contributed by atoms with Gasteiger partial charge in [0.15, 0.2) is 0 Å². The molecule has 0 saturated carbocycles. The van der Waals surface area contributed by atoms with Crippen molar-refractivity contribution in [3.63, 3.8) is 0 Å². The Bertz CT molecular complexity index is 441. The normalized spacial score (nSPS) is 14.3. The van der Waals surface area contributed by atoms with Crippen molar-refractivity contribution in [2.75, 3.05) is 20.2 Å². The van der Waals surface area contributed by atoms with E-state index in [1.165, 1.54) is 11.1 Å². The van der Waals surface area contributed by atoms with Crippen LogP contribution in [0.5, 0.6) is 5.75 Å². The molecule has 2 nitrogen and oxygen atoms in total. The lowest BCUT2D eigenvalue weighted by molar-refractivity contribution is 0.248. The van der Waals surface area contributed by atoms with Crippen LogP contribution in [0, 0.1) is 5.41 Å². The number of fused-ring (bicyclic) bond motifs is 1. The number of halogens is 1. The Labute approximate surface area is 121 Å². The Kier molecular flexibility index (Phi) is 4.75. The van der Waals surface area contributed by atoms with Crippen molar-refractivity contribution in [3.05, 3.63) is 28.3 Å². The smallest absolute Gasteiger partial charge is 0.125 e. The first-order valence-electron chi connectivity index (χ1n) is 7.23. The molecule has 0 unspecified atom stereocenters. The van der Waals surface area contributed by atoms with Crippen molar-refractivity contribution in [1.29, 1.82) is 0 Å². The fraction of sp³-hybridized carbons (Fsp3) is 0.625.